The number of hydrogen-bond acceptors (Lipinski definition) is 6. The number of hydrogen-bond donors (Lipinski definition) is 6. The molecular formula is C6H10HgNO7. The summed E-state index contributed by atoms with van der Waals surface area (Å²) in [6.45, 7) is 0. The molecule has 0 aliphatic rings. The van der Waals surface area contributed by atoms with Crippen molar-refractivity contribution >= 4 is 11.9 Å². The number of amides is 1. The Morgan fingerprint density at radius 2 is 1.40 bits per heavy atom. The van der Waals surface area contributed by atoms with Crippen LogP contribution in [0.1, 0.15) is 0 Å². The Morgan fingerprint density at radius 1 is 1.00 bits per heavy atom. The van der Waals surface area contributed by atoms with E-state index in [-0.39, 0.29) is 26.4 Å². The van der Waals surface area contributed by atoms with Gasteiger partial charge in [-0.25, -0.2) is 0 Å². The minimum absolute atomic E-state index is 0.158. The topological polar surface area (TPSA) is 147 Å². The third-order valence-electron chi connectivity index (χ3n) is 1.69. The second kappa shape index (κ2) is 6.33. The van der Waals surface area contributed by atoms with Gasteiger partial charge in [0.1, 0.15) is 0 Å². The molecule has 0 aromatic rings. The molecule has 15 heavy (non-hydrogen) atoms. The molecular weight excluding hydrogens is 399 g/mol. The molecule has 8 nitrogen and oxygen atoms in total. The molecule has 0 rings (SSSR count). The molecule has 6 N–H and O–H groups in total. The van der Waals surface area contributed by atoms with Gasteiger partial charge < -0.3 is 0 Å². The first-order chi connectivity index (χ1) is 6.82. The van der Waals surface area contributed by atoms with E-state index in [9.17, 15) is 9.59 Å². The molecule has 0 saturated heterocycles. The number of carbonyl (C=O) groups is 2. The first kappa shape index (κ1) is 14.7. The van der Waals surface area contributed by atoms with Crippen molar-refractivity contribution in [2.75, 3.05) is 0 Å². The number of carboxylic acids is 1. The number of aliphatic carboxylic acids is 1. The number of aliphatic hydroxyl groups is 4. The first-order valence-electron chi connectivity index (χ1n) is 3.85. The number of aliphatic hydroxyl groups excluding tert-OH is 4. The number of carboxylic acid groups (broad SMARTS) is 1. The van der Waals surface area contributed by atoms with E-state index in [2.05, 4.69) is 3.08 Å². The van der Waals surface area contributed by atoms with Gasteiger partial charge >= 0.3 is 101 Å². The molecule has 83 valence electrons. The molecule has 0 fully saturated rings. The van der Waals surface area contributed by atoms with Crippen LogP contribution in [0.2, 0.25) is 0 Å². The van der Waals surface area contributed by atoms with Crippen LogP contribution in [-0.2, 0) is 36.0 Å². The van der Waals surface area contributed by atoms with Gasteiger partial charge in [0.25, 0.3) is 0 Å². The van der Waals surface area contributed by atoms with Crippen molar-refractivity contribution in [3.63, 3.8) is 0 Å². The molecule has 0 radical (unpaired) electrons. The zero-order chi connectivity index (χ0) is 12.2. The van der Waals surface area contributed by atoms with Gasteiger partial charge in [-0.3, -0.25) is 0 Å². The van der Waals surface area contributed by atoms with E-state index < -0.39 is 36.3 Å². The third kappa shape index (κ3) is 3.99. The van der Waals surface area contributed by atoms with E-state index >= 15 is 0 Å². The molecule has 4 atom stereocenters. The van der Waals surface area contributed by atoms with Crippen molar-refractivity contribution in [3.8, 4) is 0 Å². The third-order valence-corrected chi connectivity index (χ3v) is 3.05. The summed E-state index contributed by atoms with van der Waals surface area (Å²) in [5, 5.41) is 44.4. The Balaban J connectivity index is 4.49. The number of carbonyl (C=O) groups excluding carboxylic acids is 1. The Kier molecular flexibility index (Phi) is 6.21. The molecule has 3 unspecified atom stereocenters. The molecule has 0 aliphatic carbocycles. The van der Waals surface area contributed by atoms with E-state index in [1.54, 1.807) is 0 Å². The van der Waals surface area contributed by atoms with Gasteiger partial charge in [0.05, 0.1) is 0 Å². The Morgan fingerprint density at radius 3 is 1.73 bits per heavy atom. The standard InChI is InChI=1S/C6H11NO7.Hg/c7-5(12)3(10)1(8)2(9)4(11)6(13)14;/h1-4,8-11H,(H3,7,12,13,14);/q;+1/p-1/t1?,2?,3?,4-;/m1./s1. The second-order valence-corrected chi connectivity index (χ2v) is 4.12. The van der Waals surface area contributed by atoms with Crippen LogP contribution in [-0.4, -0.2) is 61.8 Å². The Hall–Kier alpha value is -0.285. The van der Waals surface area contributed by atoms with Gasteiger partial charge in [-0.1, -0.05) is 0 Å². The zero-order valence-electron chi connectivity index (χ0n) is 7.57. The molecule has 0 heterocycles. The predicted octanol–water partition coefficient (Wildman–Crippen LogP) is -3.91. The Labute approximate surface area is 101 Å². The monoisotopic (exact) mass is 410 g/mol. The van der Waals surface area contributed by atoms with Crippen molar-refractivity contribution in [1.29, 1.82) is 0 Å². The summed E-state index contributed by atoms with van der Waals surface area (Å²) < 4.78 is 2.17. The molecule has 0 aromatic carbocycles. The van der Waals surface area contributed by atoms with Crippen LogP contribution < -0.4 is 3.08 Å². The van der Waals surface area contributed by atoms with Crippen LogP contribution in [0.3, 0.4) is 0 Å². The zero-order valence-corrected chi connectivity index (χ0v) is 13.1. The van der Waals surface area contributed by atoms with Crippen LogP contribution in [0.5, 0.6) is 0 Å². The maximum absolute atomic E-state index is 10.8. The fourth-order valence-corrected chi connectivity index (χ4v) is 1.59. The van der Waals surface area contributed by atoms with E-state index in [0.717, 1.165) is 0 Å². The molecule has 0 aliphatic heterocycles. The SMILES string of the molecule is O=C([NH][Hg])C(O)C(O)C(O)[C@@H](O)C(=O)O. The van der Waals surface area contributed by atoms with Gasteiger partial charge in [-0.05, 0) is 0 Å². The summed E-state index contributed by atoms with van der Waals surface area (Å²) in [7, 11) is 0. The van der Waals surface area contributed by atoms with Gasteiger partial charge in [-0.15, -0.1) is 0 Å². The quantitative estimate of drug-likeness (QED) is 0.255. The maximum atomic E-state index is 10.8. The van der Waals surface area contributed by atoms with Crippen LogP contribution in [0.4, 0.5) is 0 Å². The van der Waals surface area contributed by atoms with Crippen molar-refractivity contribution < 1.29 is 61.5 Å². The van der Waals surface area contributed by atoms with E-state index in [1.165, 1.54) is 0 Å². The van der Waals surface area contributed by atoms with Gasteiger partial charge in [0, 0.05) is 0 Å². The van der Waals surface area contributed by atoms with Crippen molar-refractivity contribution in [2.24, 2.45) is 0 Å². The normalized spacial score (nSPS) is 18.8. The predicted molar refractivity (Wildman–Crippen MR) is 39.8 cm³/mol. The van der Waals surface area contributed by atoms with Crippen LogP contribution in [0.15, 0.2) is 0 Å². The Bertz CT molecular complexity index is 248. The van der Waals surface area contributed by atoms with E-state index in [4.69, 9.17) is 25.5 Å². The van der Waals surface area contributed by atoms with Crippen molar-refractivity contribution in [2.45, 2.75) is 24.4 Å². The molecule has 1 amide bonds. The van der Waals surface area contributed by atoms with Crippen LogP contribution in [0, 0.1) is 0 Å². The average molecular weight is 409 g/mol. The van der Waals surface area contributed by atoms with Crippen molar-refractivity contribution in [1.82, 2.24) is 3.08 Å². The van der Waals surface area contributed by atoms with Crippen LogP contribution in [0.25, 0.3) is 0 Å². The number of nitrogens with one attached hydrogen (secondary N) is 1. The summed E-state index contributed by atoms with van der Waals surface area (Å²) >= 11 is -0.158. The molecule has 9 heteroatoms. The van der Waals surface area contributed by atoms with Gasteiger partial charge in [-0.2, -0.15) is 0 Å². The fourth-order valence-electron chi connectivity index (χ4n) is 0.779. The van der Waals surface area contributed by atoms with Crippen LogP contribution >= 0.6 is 0 Å². The van der Waals surface area contributed by atoms with Gasteiger partial charge in [0.2, 0.25) is 0 Å². The first-order valence-corrected chi connectivity index (χ1v) is 6.59. The summed E-state index contributed by atoms with van der Waals surface area (Å²) in [6.07, 6.45) is -8.42. The van der Waals surface area contributed by atoms with E-state index in [1.807, 2.05) is 0 Å². The molecule has 0 bridgehead atoms. The minimum atomic E-state index is -2.26. The fraction of sp³-hybridized carbons (Fsp3) is 0.667. The van der Waals surface area contributed by atoms with Crippen molar-refractivity contribution in [3.05, 3.63) is 0 Å². The molecule has 0 saturated carbocycles. The average Bonchev–Trinajstić information content (AvgIpc) is 2.23. The summed E-state index contributed by atoms with van der Waals surface area (Å²) in [5.41, 5.74) is 0. The van der Waals surface area contributed by atoms with Gasteiger partial charge in [0.15, 0.2) is 0 Å². The molecule has 0 spiro atoms. The summed E-state index contributed by atoms with van der Waals surface area (Å²) in [6, 6.07) is 0. The summed E-state index contributed by atoms with van der Waals surface area (Å²) in [4.78, 5) is 21.1. The molecule has 0 aromatic heterocycles. The number of rotatable bonds is 5. The summed E-state index contributed by atoms with van der Waals surface area (Å²) in [5.74, 6) is -2.67. The van der Waals surface area contributed by atoms with E-state index in [0.29, 0.717) is 0 Å². The second-order valence-electron chi connectivity index (χ2n) is 2.75.